The number of hydrogen-bond acceptors (Lipinski definition) is 4. The molecular weight excluding hydrogens is 473 g/mol. The highest BCUT2D eigenvalue weighted by Gasteiger charge is 2.26. The van der Waals surface area contributed by atoms with Crippen molar-refractivity contribution in [3.8, 4) is 0 Å². The van der Waals surface area contributed by atoms with E-state index in [9.17, 15) is 9.18 Å². The Labute approximate surface area is 172 Å². The Morgan fingerprint density at radius 3 is 2.64 bits per heavy atom. The van der Waals surface area contributed by atoms with Crippen LogP contribution in [-0.4, -0.2) is 41.6 Å². The molecule has 8 heteroatoms. The fraction of sp³-hybridized carbons (Fsp3) is 0.529. The fourth-order valence-corrected chi connectivity index (χ4v) is 4.14. The minimum absolute atomic E-state index is 0. The van der Waals surface area contributed by atoms with Crippen LogP contribution in [0, 0.1) is 5.92 Å². The van der Waals surface area contributed by atoms with Gasteiger partial charge in [0.15, 0.2) is 0 Å². The molecule has 2 aromatic rings. The number of nitrogens with two attached hydrogens (primary N) is 1. The van der Waals surface area contributed by atoms with Crippen molar-refractivity contribution in [3.05, 3.63) is 29.3 Å². The van der Waals surface area contributed by atoms with E-state index in [1.54, 1.807) is 11.3 Å². The lowest BCUT2D eigenvalue weighted by Gasteiger charge is -2.33. The number of benzene rings is 1. The van der Waals surface area contributed by atoms with Crippen molar-refractivity contribution >= 4 is 61.4 Å². The van der Waals surface area contributed by atoms with Crippen LogP contribution >= 0.6 is 45.3 Å². The van der Waals surface area contributed by atoms with Gasteiger partial charge in [0.1, 0.15) is 0 Å². The maximum atomic E-state index is 12.5. The second kappa shape index (κ2) is 10.5. The highest BCUT2D eigenvalue weighted by atomic mass is 79.9. The van der Waals surface area contributed by atoms with Gasteiger partial charge in [0.05, 0.1) is 27.9 Å². The van der Waals surface area contributed by atoms with Crippen molar-refractivity contribution in [1.29, 1.82) is 0 Å². The molecule has 0 saturated carbocycles. The molecule has 1 fully saturated rings. The zero-order valence-electron chi connectivity index (χ0n) is 13.9. The highest BCUT2D eigenvalue weighted by molar-refractivity contribution is 8.93. The molecule has 4 nitrogen and oxygen atoms in total. The molecule has 0 bridgehead atoms. The molecule has 2 N–H and O–H groups in total. The molecule has 1 saturated heterocycles. The molecule has 1 aromatic heterocycles. The first-order valence-corrected chi connectivity index (χ1v) is 8.94. The van der Waals surface area contributed by atoms with Crippen LogP contribution in [0.25, 0.3) is 10.2 Å². The van der Waals surface area contributed by atoms with Crippen molar-refractivity contribution < 1.29 is 9.18 Å². The number of nitrogens with zero attached hydrogens (tertiary/aromatic N) is 2. The van der Waals surface area contributed by atoms with E-state index < -0.39 is 6.04 Å². The standard InChI is InChI=1S/C17H22FN3OS.2BrH/c18-8-5-12-6-9-21(10-7-12)17(22)13(19)11-16-20-14-3-1-2-4-15(14)23-16;;/h1-4,12-13H,5-11,19H2;2*1H. The highest BCUT2D eigenvalue weighted by Crippen LogP contribution is 2.24. The number of carbonyl (C=O) groups is 1. The van der Waals surface area contributed by atoms with E-state index in [1.165, 1.54) is 0 Å². The number of likely N-dealkylation sites (tertiary alicyclic amines) is 1. The fourth-order valence-electron chi connectivity index (χ4n) is 3.11. The van der Waals surface area contributed by atoms with Crippen molar-refractivity contribution in [2.75, 3.05) is 19.8 Å². The molecule has 0 radical (unpaired) electrons. The summed E-state index contributed by atoms with van der Waals surface area (Å²) in [6.07, 6.45) is 2.84. The summed E-state index contributed by atoms with van der Waals surface area (Å²) in [7, 11) is 0. The second-order valence-electron chi connectivity index (χ2n) is 6.13. The number of hydrogen-bond donors (Lipinski definition) is 1. The van der Waals surface area contributed by atoms with E-state index in [4.69, 9.17) is 5.73 Å². The molecular formula is C17H24Br2FN3OS. The van der Waals surface area contributed by atoms with Gasteiger partial charge in [-0.15, -0.1) is 45.3 Å². The van der Waals surface area contributed by atoms with Gasteiger partial charge in [-0.3, -0.25) is 9.18 Å². The molecule has 1 unspecified atom stereocenters. The van der Waals surface area contributed by atoms with Crippen LogP contribution in [0.3, 0.4) is 0 Å². The smallest absolute Gasteiger partial charge is 0.239 e. The van der Waals surface area contributed by atoms with Crippen LogP contribution in [0.5, 0.6) is 0 Å². The van der Waals surface area contributed by atoms with E-state index in [0.717, 1.165) is 28.1 Å². The van der Waals surface area contributed by atoms with E-state index in [0.29, 0.717) is 31.8 Å². The Bertz CT molecular complexity index is 644. The average molecular weight is 497 g/mol. The third kappa shape index (κ3) is 5.70. The first kappa shape index (κ1) is 22.5. The number of thiazole rings is 1. The predicted molar refractivity (Wildman–Crippen MR) is 112 cm³/mol. The molecule has 2 heterocycles. The number of alkyl halides is 1. The van der Waals surface area contributed by atoms with Gasteiger partial charge in [-0.2, -0.15) is 0 Å². The third-order valence-electron chi connectivity index (χ3n) is 4.49. The van der Waals surface area contributed by atoms with Gasteiger partial charge < -0.3 is 10.6 Å². The molecule has 1 aliphatic rings. The minimum Gasteiger partial charge on any atom is -0.341 e. The Balaban J connectivity index is 0.00000156. The lowest BCUT2D eigenvalue weighted by Crippen LogP contribution is -2.48. The predicted octanol–water partition coefficient (Wildman–Crippen LogP) is 3.92. The second-order valence-corrected chi connectivity index (χ2v) is 7.25. The van der Waals surface area contributed by atoms with Gasteiger partial charge in [0.2, 0.25) is 5.91 Å². The lowest BCUT2D eigenvalue weighted by atomic mass is 9.93. The summed E-state index contributed by atoms with van der Waals surface area (Å²) >= 11 is 1.59. The quantitative estimate of drug-likeness (QED) is 0.682. The van der Waals surface area contributed by atoms with Crippen LogP contribution in [0.1, 0.15) is 24.3 Å². The van der Waals surface area contributed by atoms with Gasteiger partial charge in [-0.1, -0.05) is 12.1 Å². The number of carbonyl (C=O) groups excluding carboxylic acids is 1. The first-order chi connectivity index (χ1) is 11.2. The number of halogens is 3. The molecule has 140 valence electrons. The van der Waals surface area contributed by atoms with E-state index in [2.05, 4.69) is 4.98 Å². The van der Waals surface area contributed by atoms with Crippen LogP contribution in [-0.2, 0) is 11.2 Å². The van der Waals surface area contributed by atoms with E-state index >= 15 is 0 Å². The van der Waals surface area contributed by atoms with Gasteiger partial charge in [0, 0.05) is 19.5 Å². The van der Waals surface area contributed by atoms with Crippen LogP contribution < -0.4 is 5.73 Å². The zero-order chi connectivity index (χ0) is 16.2. The van der Waals surface area contributed by atoms with Crippen LogP contribution in [0.15, 0.2) is 24.3 Å². The van der Waals surface area contributed by atoms with Gasteiger partial charge in [0.25, 0.3) is 0 Å². The summed E-state index contributed by atoms with van der Waals surface area (Å²) in [5.74, 6) is 0.396. The third-order valence-corrected chi connectivity index (χ3v) is 5.55. The number of para-hydroxylation sites is 1. The summed E-state index contributed by atoms with van der Waals surface area (Å²) in [5, 5.41) is 0.902. The van der Waals surface area contributed by atoms with Gasteiger partial charge in [-0.25, -0.2) is 4.98 Å². The van der Waals surface area contributed by atoms with E-state index in [-0.39, 0.29) is 46.5 Å². The Hall–Kier alpha value is -0.570. The molecule has 25 heavy (non-hydrogen) atoms. The SMILES string of the molecule is Br.Br.NC(Cc1nc2ccccc2s1)C(=O)N1CCC(CCF)CC1. The molecule has 0 spiro atoms. The first-order valence-electron chi connectivity index (χ1n) is 8.12. The summed E-state index contributed by atoms with van der Waals surface area (Å²) in [6.45, 7) is 1.11. The molecule has 3 rings (SSSR count). The number of amides is 1. The van der Waals surface area contributed by atoms with Crippen molar-refractivity contribution in [3.63, 3.8) is 0 Å². The average Bonchev–Trinajstić information content (AvgIpc) is 2.97. The molecule has 1 aromatic carbocycles. The topological polar surface area (TPSA) is 59.2 Å². The zero-order valence-corrected chi connectivity index (χ0v) is 18.1. The van der Waals surface area contributed by atoms with Crippen LogP contribution in [0.4, 0.5) is 4.39 Å². The minimum atomic E-state index is -0.548. The maximum absolute atomic E-state index is 12.5. The Morgan fingerprint density at radius 2 is 2.00 bits per heavy atom. The summed E-state index contributed by atoms with van der Waals surface area (Å²) in [6, 6.07) is 7.39. The van der Waals surface area contributed by atoms with Crippen molar-refractivity contribution in [2.24, 2.45) is 11.7 Å². The van der Waals surface area contributed by atoms with Gasteiger partial charge in [-0.05, 0) is 37.3 Å². The summed E-state index contributed by atoms with van der Waals surface area (Å²) in [4.78, 5) is 18.9. The molecule has 0 aliphatic carbocycles. The summed E-state index contributed by atoms with van der Waals surface area (Å²) in [5.41, 5.74) is 7.07. The van der Waals surface area contributed by atoms with Crippen molar-refractivity contribution in [2.45, 2.75) is 31.7 Å². The normalized spacial score (nSPS) is 16.2. The van der Waals surface area contributed by atoms with Gasteiger partial charge >= 0.3 is 0 Å². The molecule has 1 amide bonds. The number of aromatic nitrogens is 1. The summed E-state index contributed by atoms with van der Waals surface area (Å²) < 4.78 is 13.5. The lowest BCUT2D eigenvalue weighted by molar-refractivity contribution is -0.134. The molecule has 1 aliphatic heterocycles. The largest absolute Gasteiger partial charge is 0.341 e. The molecule has 1 atom stereocenters. The number of piperidine rings is 1. The Morgan fingerprint density at radius 1 is 1.32 bits per heavy atom. The number of rotatable bonds is 5. The number of fused-ring (bicyclic) bond motifs is 1. The van der Waals surface area contributed by atoms with Crippen molar-refractivity contribution in [1.82, 2.24) is 9.88 Å². The van der Waals surface area contributed by atoms with E-state index in [1.807, 2.05) is 29.2 Å². The van der Waals surface area contributed by atoms with Crippen LogP contribution in [0.2, 0.25) is 0 Å². The Kier molecular flexibility index (Phi) is 9.48. The maximum Gasteiger partial charge on any atom is 0.239 e. The monoisotopic (exact) mass is 495 g/mol.